The van der Waals surface area contributed by atoms with E-state index in [1.807, 2.05) is 38.1 Å². The average Bonchev–Trinajstić information content (AvgIpc) is 2.40. The van der Waals surface area contributed by atoms with E-state index in [-0.39, 0.29) is 0 Å². The minimum absolute atomic E-state index is 0.303. The van der Waals surface area contributed by atoms with Gasteiger partial charge in [-0.2, -0.15) is 0 Å². The van der Waals surface area contributed by atoms with Gasteiger partial charge in [-0.15, -0.1) is 0 Å². The van der Waals surface area contributed by atoms with Crippen molar-refractivity contribution in [3.05, 3.63) is 51.5 Å². The lowest BCUT2D eigenvalue weighted by Gasteiger charge is -2.15. The molecule has 0 aliphatic rings. The smallest absolute Gasteiger partial charge is 0.143 e. The fraction of sp³-hybridized carbons (Fsp3) is 0.250. The molecule has 0 radical (unpaired) electrons. The van der Waals surface area contributed by atoms with Crippen LogP contribution in [0.5, 0.6) is 11.5 Å². The van der Waals surface area contributed by atoms with E-state index >= 15 is 0 Å². The molecule has 0 fully saturated rings. The maximum atomic E-state index is 9.87. The Kier molecular flexibility index (Phi) is 4.55. The van der Waals surface area contributed by atoms with Gasteiger partial charge in [0.05, 0.1) is 12.8 Å². The Morgan fingerprint density at radius 3 is 2.65 bits per heavy atom. The summed E-state index contributed by atoms with van der Waals surface area (Å²) in [6.07, 6.45) is 0. The van der Waals surface area contributed by atoms with Crippen molar-refractivity contribution in [2.24, 2.45) is 0 Å². The number of anilines is 1. The predicted octanol–water partition coefficient (Wildman–Crippen LogP) is 4.39. The number of nitrogens with one attached hydrogen (secondary N) is 1. The highest BCUT2D eigenvalue weighted by molar-refractivity contribution is 9.10. The zero-order valence-corrected chi connectivity index (χ0v) is 13.4. The number of aromatic hydroxyl groups is 1. The molecule has 106 valence electrons. The van der Waals surface area contributed by atoms with Crippen LogP contribution in [0.2, 0.25) is 0 Å². The molecule has 0 aliphatic heterocycles. The maximum Gasteiger partial charge on any atom is 0.143 e. The van der Waals surface area contributed by atoms with Gasteiger partial charge in [-0.05, 0) is 37.6 Å². The first-order valence-electron chi connectivity index (χ1n) is 6.37. The SMILES string of the molecule is COc1cc(Br)cc(C)c1NCc1cc(C)ccc1O. The highest BCUT2D eigenvalue weighted by atomic mass is 79.9. The van der Waals surface area contributed by atoms with E-state index in [0.717, 1.165) is 32.6 Å². The van der Waals surface area contributed by atoms with Crippen molar-refractivity contribution in [1.29, 1.82) is 0 Å². The monoisotopic (exact) mass is 335 g/mol. The average molecular weight is 336 g/mol. The second kappa shape index (κ2) is 6.18. The van der Waals surface area contributed by atoms with Crippen LogP contribution >= 0.6 is 15.9 Å². The molecule has 0 spiro atoms. The molecule has 0 heterocycles. The fourth-order valence-corrected chi connectivity index (χ4v) is 2.69. The molecule has 4 heteroatoms. The number of phenolic OH excluding ortho intramolecular Hbond substituents is 1. The first-order chi connectivity index (χ1) is 9.51. The summed E-state index contributed by atoms with van der Waals surface area (Å²) in [6.45, 7) is 4.58. The maximum absolute atomic E-state index is 9.87. The first-order valence-corrected chi connectivity index (χ1v) is 7.17. The van der Waals surface area contributed by atoms with Crippen molar-refractivity contribution in [2.45, 2.75) is 20.4 Å². The van der Waals surface area contributed by atoms with Crippen molar-refractivity contribution in [3.63, 3.8) is 0 Å². The van der Waals surface area contributed by atoms with Crippen molar-refractivity contribution >= 4 is 21.6 Å². The topological polar surface area (TPSA) is 41.5 Å². The lowest BCUT2D eigenvalue weighted by molar-refractivity contribution is 0.415. The molecule has 0 aromatic heterocycles. The van der Waals surface area contributed by atoms with E-state index < -0.39 is 0 Å². The summed E-state index contributed by atoms with van der Waals surface area (Å²) in [6, 6.07) is 9.54. The number of ether oxygens (including phenoxy) is 1. The molecule has 0 amide bonds. The van der Waals surface area contributed by atoms with Crippen LogP contribution in [0.1, 0.15) is 16.7 Å². The highest BCUT2D eigenvalue weighted by Gasteiger charge is 2.09. The molecule has 2 aromatic carbocycles. The Morgan fingerprint density at radius 1 is 1.20 bits per heavy atom. The lowest BCUT2D eigenvalue weighted by Crippen LogP contribution is -2.04. The predicted molar refractivity (Wildman–Crippen MR) is 85.6 cm³/mol. The number of benzene rings is 2. The quantitative estimate of drug-likeness (QED) is 0.870. The van der Waals surface area contributed by atoms with Crippen molar-refractivity contribution in [1.82, 2.24) is 0 Å². The Morgan fingerprint density at radius 2 is 1.95 bits per heavy atom. The van der Waals surface area contributed by atoms with E-state index in [1.165, 1.54) is 0 Å². The Hall–Kier alpha value is -1.68. The van der Waals surface area contributed by atoms with Gasteiger partial charge in [0.25, 0.3) is 0 Å². The zero-order valence-electron chi connectivity index (χ0n) is 11.8. The van der Waals surface area contributed by atoms with Crippen LogP contribution in [0.25, 0.3) is 0 Å². The number of halogens is 1. The molecule has 0 aliphatic carbocycles. The lowest BCUT2D eigenvalue weighted by atomic mass is 10.1. The van der Waals surface area contributed by atoms with E-state index in [0.29, 0.717) is 12.3 Å². The summed E-state index contributed by atoms with van der Waals surface area (Å²) in [5.41, 5.74) is 4.02. The van der Waals surface area contributed by atoms with Gasteiger partial charge in [0.2, 0.25) is 0 Å². The van der Waals surface area contributed by atoms with Crippen LogP contribution in [0.15, 0.2) is 34.8 Å². The first kappa shape index (κ1) is 14.7. The minimum Gasteiger partial charge on any atom is -0.508 e. The van der Waals surface area contributed by atoms with Crippen LogP contribution in [-0.2, 0) is 6.54 Å². The third-order valence-corrected chi connectivity index (χ3v) is 3.63. The summed E-state index contributed by atoms with van der Waals surface area (Å²) >= 11 is 3.46. The van der Waals surface area contributed by atoms with Gasteiger partial charge in [-0.1, -0.05) is 33.6 Å². The largest absolute Gasteiger partial charge is 0.508 e. The van der Waals surface area contributed by atoms with Gasteiger partial charge < -0.3 is 15.2 Å². The standard InChI is InChI=1S/C16H18BrNO2/c1-10-4-5-14(19)12(6-10)9-18-16-11(2)7-13(17)8-15(16)20-3/h4-8,18-19H,9H2,1-3H3. The van der Waals surface area contributed by atoms with Crippen molar-refractivity contribution < 1.29 is 9.84 Å². The Labute approximate surface area is 127 Å². The number of hydrogen-bond donors (Lipinski definition) is 2. The molecule has 2 N–H and O–H groups in total. The van der Waals surface area contributed by atoms with E-state index in [1.54, 1.807) is 13.2 Å². The van der Waals surface area contributed by atoms with E-state index in [2.05, 4.69) is 21.2 Å². The summed E-state index contributed by atoms with van der Waals surface area (Å²) in [5, 5.41) is 13.2. The Balaban J connectivity index is 2.25. The van der Waals surface area contributed by atoms with Gasteiger partial charge in [-0.25, -0.2) is 0 Å². The number of hydrogen-bond acceptors (Lipinski definition) is 3. The zero-order chi connectivity index (χ0) is 14.7. The summed E-state index contributed by atoms with van der Waals surface area (Å²) in [4.78, 5) is 0. The molecule has 2 aromatic rings. The highest BCUT2D eigenvalue weighted by Crippen LogP contribution is 2.33. The summed E-state index contributed by atoms with van der Waals surface area (Å²) in [5.74, 6) is 1.08. The minimum atomic E-state index is 0.303. The van der Waals surface area contributed by atoms with Crippen LogP contribution in [0, 0.1) is 13.8 Å². The van der Waals surface area contributed by atoms with Gasteiger partial charge in [0.1, 0.15) is 11.5 Å². The fourth-order valence-electron chi connectivity index (χ4n) is 2.14. The van der Waals surface area contributed by atoms with Crippen LogP contribution in [-0.4, -0.2) is 12.2 Å². The Bertz CT molecular complexity index is 626. The molecular formula is C16H18BrNO2. The molecule has 0 saturated heterocycles. The summed E-state index contributed by atoms with van der Waals surface area (Å²) < 4.78 is 6.38. The van der Waals surface area contributed by atoms with Gasteiger partial charge in [-0.3, -0.25) is 0 Å². The summed E-state index contributed by atoms with van der Waals surface area (Å²) in [7, 11) is 1.65. The molecular weight excluding hydrogens is 318 g/mol. The van der Waals surface area contributed by atoms with E-state index in [9.17, 15) is 5.11 Å². The van der Waals surface area contributed by atoms with Gasteiger partial charge in [0.15, 0.2) is 0 Å². The molecule has 3 nitrogen and oxygen atoms in total. The molecule has 0 atom stereocenters. The molecule has 0 bridgehead atoms. The molecule has 0 unspecified atom stereocenters. The third kappa shape index (κ3) is 3.25. The second-order valence-electron chi connectivity index (χ2n) is 4.79. The van der Waals surface area contributed by atoms with Crippen molar-refractivity contribution in [3.8, 4) is 11.5 Å². The van der Waals surface area contributed by atoms with Crippen molar-refractivity contribution in [2.75, 3.05) is 12.4 Å². The molecule has 20 heavy (non-hydrogen) atoms. The van der Waals surface area contributed by atoms with Crippen LogP contribution in [0.4, 0.5) is 5.69 Å². The van der Waals surface area contributed by atoms with Crippen LogP contribution in [0.3, 0.4) is 0 Å². The molecule has 2 rings (SSSR count). The van der Waals surface area contributed by atoms with Gasteiger partial charge in [0, 0.05) is 16.6 Å². The number of rotatable bonds is 4. The van der Waals surface area contributed by atoms with Crippen LogP contribution < -0.4 is 10.1 Å². The normalized spacial score (nSPS) is 10.4. The van der Waals surface area contributed by atoms with E-state index in [4.69, 9.17) is 4.74 Å². The number of aryl methyl sites for hydroxylation is 2. The second-order valence-corrected chi connectivity index (χ2v) is 5.70. The number of phenols is 1. The molecule has 0 saturated carbocycles. The third-order valence-electron chi connectivity index (χ3n) is 3.17. The number of methoxy groups -OCH3 is 1. The van der Waals surface area contributed by atoms with Gasteiger partial charge >= 0.3 is 0 Å².